The van der Waals surface area contributed by atoms with Gasteiger partial charge < -0.3 is 15.4 Å². The van der Waals surface area contributed by atoms with Gasteiger partial charge >= 0.3 is 0 Å². The van der Waals surface area contributed by atoms with Gasteiger partial charge in [-0.2, -0.15) is 5.26 Å². The number of carbonyl (C=O) groups excluding carboxylic acids is 1. The summed E-state index contributed by atoms with van der Waals surface area (Å²) in [7, 11) is 1.61. The summed E-state index contributed by atoms with van der Waals surface area (Å²) >= 11 is 0. The number of hydrogen-bond acceptors (Lipinski definition) is 4. The van der Waals surface area contributed by atoms with Crippen molar-refractivity contribution in [2.75, 3.05) is 26.8 Å². The lowest BCUT2D eigenvalue weighted by Crippen LogP contribution is -2.58. The van der Waals surface area contributed by atoms with Gasteiger partial charge in [-0.05, 0) is 18.8 Å². The molecule has 2 N–H and O–H groups in total. The lowest BCUT2D eigenvalue weighted by Gasteiger charge is -2.39. The van der Waals surface area contributed by atoms with Gasteiger partial charge in [0.2, 0.25) is 5.91 Å². The molecular weight excluding hydrogens is 242 g/mol. The highest BCUT2D eigenvalue weighted by Crippen LogP contribution is 2.31. The quantitative estimate of drug-likeness (QED) is 0.786. The lowest BCUT2D eigenvalue weighted by atomic mass is 9.76. The Labute approximate surface area is 115 Å². The van der Waals surface area contributed by atoms with E-state index in [1.54, 1.807) is 12.0 Å². The highest BCUT2D eigenvalue weighted by Gasteiger charge is 2.40. The first-order chi connectivity index (χ1) is 9.03. The molecule has 1 saturated carbocycles. The molecule has 1 fully saturated rings. The van der Waals surface area contributed by atoms with Gasteiger partial charge in [0.25, 0.3) is 0 Å². The van der Waals surface area contributed by atoms with Crippen LogP contribution in [0.5, 0.6) is 0 Å². The average molecular weight is 267 g/mol. The first-order valence-electron chi connectivity index (χ1n) is 6.97. The summed E-state index contributed by atoms with van der Waals surface area (Å²) in [6.45, 7) is 3.56. The second-order valence-corrected chi connectivity index (χ2v) is 5.55. The van der Waals surface area contributed by atoms with Crippen LogP contribution in [0, 0.1) is 17.2 Å². The summed E-state index contributed by atoms with van der Waals surface area (Å²) in [5.74, 6) is 0.467. The average Bonchev–Trinajstić information content (AvgIpc) is 2.38. The van der Waals surface area contributed by atoms with Crippen LogP contribution in [0.3, 0.4) is 0 Å². The minimum Gasteiger partial charge on any atom is -0.383 e. The second kappa shape index (κ2) is 7.46. The Morgan fingerprint density at radius 2 is 2.32 bits per heavy atom. The van der Waals surface area contributed by atoms with E-state index in [4.69, 9.17) is 15.7 Å². The SMILES string of the molecule is COCCN(CCC#N)C(=O)C1(N)CCCC(C)C1. The zero-order chi connectivity index (χ0) is 14.3. The fourth-order valence-electron chi connectivity index (χ4n) is 2.80. The molecule has 5 nitrogen and oxygen atoms in total. The number of methoxy groups -OCH3 is 1. The van der Waals surface area contributed by atoms with Gasteiger partial charge in [0.15, 0.2) is 0 Å². The smallest absolute Gasteiger partial charge is 0.242 e. The van der Waals surface area contributed by atoms with E-state index in [-0.39, 0.29) is 5.91 Å². The summed E-state index contributed by atoms with van der Waals surface area (Å²) in [5, 5.41) is 8.69. The molecule has 1 aliphatic carbocycles. The third-order valence-corrected chi connectivity index (χ3v) is 3.80. The van der Waals surface area contributed by atoms with Crippen LogP contribution in [-0.4, -0.2) is 43.2 Å². The molecule has 1 aliphatic rings. The normalized spacial score (nSPS) is 26.7. The summed E-state index contributed by atoms with van der Waals surface area (Å²) < 4.78 is 5.03. The van der Waals surface area contributed by atoms with Crippen molar-refractivity contribution in [1.82, 2.24) is 4.90 Å². The van der Waals surface area contributed by atoms with E-state index in [1.165, 1.54) is 0 Å². The molecule has 0 aromatic rings. The van der Waals surface area contributed by atoms with Crippen molar-refractivity contribution in [3.05, 3.63) is 0 Å². The molecular formula is C14H25N3O2. The number of nitrogens with two attached hydrogens (primary N) is 1. The first kappa shape index (κ1) is 15.9. The van der Waals surface area contributed by atoms with E-state index in [1.807, 2.05) is 0 Å². The van der Waals surface area contributed by atoms with Gasteiger partial charge in [-0.3, -0.25) is 4.79 Å². The van der Waals surface area contributed by atoms with Crippen LogP contribution in [0.2, 0.25) is 0 Å². The van der Waals surface area contributed by atoms with E-state index in [0.717, 1.165) is 25.7 Å². The lowest BCUT2D eigenvalue weighted by molar-refractivity contribution is -0.139. The van der Waals surface area contributed by atoms with E-state index in [2.05, 4.69) is 13.0 Å². The Hall–Kier alpha value is -1.12. The maximum atomic E-state index is 12.6. The Morgan fingerprint density at radius 3 is 2.89 bits per heavy atom. The van der Waals surface area contributed by atoms with Crippen LogP contribution in [0.15, 0.2) is 0 Å². The minimum absolute atomic E-state index is 0.0219. The topological polar surface area (TPSA) is 79.3 Å². The van der Waals surface area contributed by atoms with Crippen LogP contribution < -0.4 is 5.73 Å². The van der Waals surface area contributed by atoms with Crippen molar-refractivity contribution in [3.8, 4) is 6.07 Å². The molecule has 0 aromatic heterocycles. The zero-order valence-corrected chi connectivity index (χ0v) is 12.0. The number of ether oxygens (including phenoxy) is 1. The number of rotatable bonds is 6. The number of amides is 1. The zero-order valence-electron chi connectivity index (χ0n) is 12.0. The van der Waals surface area contributed by atoms with Crippen molar-refractivity contribution < 1.29 is 9.53 Å². The monoisotopic (exact) mass is 267 g/mol. The molecule has 0 aromatic carbocycles. The molecule has 0 aliphatic heterocycles. The van der Waals surface area contributed by atoms with Crippen LogP contribution in [0.25, 0.3) is 0 Å². The van der Waals surface area contributed by atoms with Gasteiger partial charge in [-0.1, -0.05) is 19.8 Å². The van der Waals surface area contributed by atoms with E-state index in [0.29, 0.717) is 32.0 Å². The van der Waals surface area contributed by atoms with Gasteiger partial charge in [0.1, 0.15) is 0 Å². The summed E-state index contributed by atoms with van der Waals surface area (Å²) in [6, 6.07) is 2.08. The Morgan fingerprint density at radius 1 is 1.58 bits per heavy atom. The number of nitrogens with zero attached hydrogens (tertiary/aromatic N) is 2. The van der Waals surface area contributed by atoms with Gasteiger partial charge in [-0.15, -0.1) is 0 Å². The molecule has 0 bridgehead atoms. The van der Waals surface area contributed by atoms with Gasteiger partial charge in [0.05, 0.1) is 24.6 Å². The maximum Gasteiger partial charge on any atom is 0.242 e. The fourth-order valence-corrected chi connectivity index (χ4v) is 2.80. The number of nitriles is 1. The van der Waals surface area contributed by atoms with Crippen LogP contribution in [0.1, 0.15) is 39.0 Å². The predicted octanol–water partition coefficient (Wildman–Crippen LogP) is 1.28. The van der Waals surface area contributed by atoms with Crippen molar-refractivity contribution in [2.45, 2.75) is 44.6 Å². The molecule has 0 heterocycles. The fraction of sp³-hybridized carbons (Fsp3) is 0.857. The predicted molar refractivity (Wildman–Crippen MR) is 73.2 cm³/mol. The maximum absolute atomic E-state index is 12.6. The Bertz CT molecular complexity index is 340. The largest absolute Gasteiger partial charge is 0.383 e. The summed E-state index contributed by atoms with van der Waals surface area (Å²) in [5.41, 5.74) is 5.57. The highest BCUT2D eigenvalue weighted by atomic mass is 16.5. The van der Waals surface area contributed by atoms with Crippen molar-refractivity contribution in [2.24, 2.45) is 11.7 Å². The van der Waals surface area contributed by atoms with Crippen molar-refractivity contribution in [3.63, 3.8) is 0 Å². The van der Waals surface area contributed by atoms with Crippen LogP contribution >= 0.6 is 0 Å². The molecule has 0 spiro atoms. The second-order valence-electron chi connectivity index (χ2n) is 5.55. The Kier molecular flexibility index (Phi) is 6.26. The Balaban J connectivity index is 2.70. The molecule has 0 radical (unpaired) electrons. The van der Waals surface area contributed by atoms with Crippen molar-refractivity contribution in [1.29, 1.82) is 5.26 Å². The molecule has 19 heavy (non-hydrogen) atoms. The van der Waals surface area contributed by atoms with Crippen LogP contribution in [0.4, 0.5) is 0 Å². The summed E-state index contributed by atoms with van der Waals surface area (Å²) in [4.78, 5) is 14.3. The third-order valence-electron chi connectivity index (χ3n) is 3.80. The van der Waals surface area contributed by atoms with Crippen molar-refractivity contribution >= 4 is 5.91 Å². The van der Waals surface area contributed by atoms with E-state index in [9.17, 15) is 4.79 Å². The first-order valence-corrected chi connectivity index (χ1v) is 6.97. The number of carbonyl (C=O) groups is 1. The molecule has 0 saturated heterocycles. The van der Waals surface area contributed by atoms with Gasteiger partial charge in [-0.25, -0.2) is 0 Å². The molecule has 5 heteroatoms. The molecule has 108 valence electrons. The molecule has 2 unspecified atom stereocenters. The standard InChI is InChI=1S/C14H25N3O2/c1-12-5-3-6-14(16,11-12)13(18)17(8-4-7-15)9-10-19-2/h12H,3-6,8-11,16H2,1-2H3. The highest BCUT2D eigenvalue weighted by molar-refractivity contribution is 5.86. The number of hydrogen-bond donors (Lipinski definition) is 1. The molecule has 1 rings (SSSR count). The minimum atomic E-state index is -0.749. The van der Waals surface area contributed by atoms with E-state index >= 15 is 0 Å². The van der Waals surface area contributed by atoms with Gasteiger partial charge in [0, 0.05) is 20.2 Å². The molecule has 1 amide bonds. The molecule has 2 atom stereocenters. The van der Waals surface area contributed by atoms with E-state index < -0.39 is 5.54 Å². The summed E-state index contributed by atoms with van der Waals surface area (Å²) in [6.07, 6.45) is 3.96. The van der Waals surface area contributed by atoms with Crippen LogP contribution in [-0.2, 0) is 9.53 Å². The third kappa shape index (κ3) is 4.48.